The molecule has 0 spiro atoms. The molecule has 2 aromatic carbocycles. The topological polar surface area (TPSA) is 26.0 Å². The highest BCUT2D eigenvalue weighted by atomic mass is 14.5. The van der Waals surface area contributed by atoms with Crippen molar-refractivity contribution in [3.63, 3.8) is 0 Å². The molecule has 0 atom stereocenters. The molecule has 0 heterocycles. The van der Waals surface area contributed by atoms with Crippen molar-refractivity contribution in [3.8, 4) is 0 Å². The fourth-order valence-electron chi connectivity index (χ4n) is 2.03. The van der Waals surface area contributed by atoms with Crippen molar-refractivity contribution < 1.29 is 0 Å². The normalized spacial score (nSPS) is 11.5. The molecular weight excluding hydrogens is 206 g/mol. The molecule has 17 heavy (non-hydrogen) atoms. The zero-order valence-electron chi connectivity index (χ0n) is 10.3. The lowest BCUT2D eigenvalue weighted by molar-refractivity contribution is 1.41. The van der Waals surface area contributed by atoms with Crippen LogP contribution in [0.5, 0.6) is 0 Å². The van der Waals surface area contributed by atoms with Crippen LogP contribution in [0.2, 0.25) is 0 Å². The Kier molecular flexibility index (Phi) is 3.29. The minimum absolute atomic E-state index is 0.806. The minimum Gasteiger partial charge on any atom is -0.399 e. The molecule has 0 aliphatic rings. The number of allylic oxidation sites excluding steroid dienone is 1. The Bertz CT molecular complexity index is 539. The summed E-state index contributed by atoms with van der Waals surface area (Å²) in [7, 11) is 0. The maximum absolute atomic E-state index is 5.87. The minimum atomic E-state index is 0.806. The first-order valence-corrected chi connectivity index (χ1v) is 5.80. The second kappa shape index (κ2) is 4.88. The van der Waals surface area contributed by atoms with E-state index in [1.807, 2.05) is 18.2 Å². The Labute approximate surface area is 103 Å². The van der Waals surface area contributed by atoms with E-state index in [0.717, 1.165) is 5.69 Å². The van der Waals surface area contributed by atoms with E-state index in [1.165, 1.54) is 22.3 Å². The Hall–Kier alpha value is -2.02. The van der Waals surface area contributed by atoms with Crippen LogP contribution in [0.1, 0.15) is 23.6 Å². The summed E-state index contributed by atoms with van der Waals surface area (Å²) in [6.45, 7) is 4.17. The van der Waals surface area contributed by atoms with Gasteiger partial charge in [0.2, 0.25) is 0 Å². The van der Waals surface area contributed by atoms with Gasteiger partial charge >= 0.3 is 0 Å². The predicted molar refractivity (Wildman–Crippen MR) is 74.8 cm³/mol. The third kappa shape index (κ3) is 2.39. The second-order valence-corrected chi connectivity index (χ2v) is 4.14. The molecule has 1 heteroatoms. The van der Waals surface area contributed by atoms with Crippen LogP contribution in [0, 0.1) is 6.92 Å². The first-order valence-electron chi connectivity index (χ1n) is 5.80. The Morgan fingerprint density at radius 3 is 2.41 bits per heavy atom. The molecule has 0 saturated carbocycles. The van der Waals surface area contributed by atoms with Gasteiger partial charge in [0.05, 0.1) is 0 Å². The van der Waals surface area contributed by atoms with Crippen LogP contribution in [0.15, 0.2) is 54.6 Å². The summed E-state index contributed by atoms with van der Waals surface area (Å²) in [4.78, 5) is 0. The average Bonchev–Trinajstić information content (AvgIpc) is 2.36. The zero-order valence-corrected chi connectivity index (χ0v) is 10.3. The van der Waals surface area contributed by atoms with Crippen LogP contribution in [0.25, 0.3) is 5.57 Å². The van der Waals surface area contributed by atoms with Crippen LogP contribution < -0.4 is 5.73 Å². The van der Waals surface area contributed by atoms with E-state index < -0.39 is 0 Å². The van der Waals surface area contributed by atoms with Crippen molar-refractivity contribution in [1.82, 2.24) is 0 Å². The fraction of sp³-hybridized carbons (Fsp3) is 0.125. The molecule has 1 nitrogen and oxygen atoms in total. The summed E-state index contributed by atoms with van der Waals surface area (Å²) in [6.07, 6.45) is 2.14. The third-order valence-corrected chi connectivity index (χ3v) is 2.93. The van der Waals surface area contributed by atoms with Crippen molar-refractivity contribution >= 4 is 11.3 Å². The average molecular weight is 223 g/mol. The first-order chi connectivity index (χ1) is 8.22. The van der Waals surface area contributed by atoms with Crippen molar-refractivity contribution in [2.75, 3.05) is 5.73 Å². The van der Waals surface area contributed by atoms with Gasteiger partial charge in [0.15, 0.2) is 0 Å². The molecule has 0 amide bonds. The molecule has 2 rings (SSSR count). The van der Waals surface area contributed by atoms with Crippen molar-refractivity contribution in [3.05, 3.63) is 71.3 Å². The highest BCUT2D eigenvalue weighted by Gasteiger charge is 2.06. The largest absolute Gasteiger partial charge is 0.399 e. The number of benzene rings is 2. The van der Waals surface area contributed by atoms with Crippen LogP contribution >= 0.6 is 0 Å². The van der Waals surface area contributed by atoms with Crippen molar-refractivity contribution in [2.24, 2.45) is 0 Å². The number of nitrogen functional groups attached to an aromatic ring is 1. The number of rotatable bonds is 2. The highest BCUT2D eigenvalue weighted by Crippen LogP contribution is 2.27. The lowest BCUT2D eigenvalue weighted by Crippen LogP contribution is -1.94. The lowest BCUT2D eigenvalue weighted by atomic mass is 9.94. The van der Waals surface area contributed by atoms with Gasteiger partial charge in [-0.05, 0) is 48.2 Å². The van der Waals surface area contributed by atoms with Gasteiger partial charge in [0.25, 0.3) is 0 Å². The molecule has 86 valence electrons. The van der Waals surface area contributed by atoms with Crippen LogP contribution in [-0.4, -0.2) is 0 Å². The SMILES string of the molecule is C/C=C(/c1ccccc1)c1cc(N)ccc1C. The summed E-state index contributed by atoms with van der Waals surface area (Å²) in [5.41, 5.74) is 11.6. The van der Waals surface area contributed by atoms with Gasteiger partial charge in [-0.15, -0.1) is 0 Å². The van der Waals surface area contributed by atoms with Crippen molar-refractivity contribution in [2.45, 2.75) is 13.8 Å². The Balaban J connectivity index is 2.54. The Morgan fingerprint density at radius 1 is 1.06 bits per heavy atom. The molecule has 0 bridgehead atoms. The van der Waals surface area contributed by atoms with Crippen LogP contribution in [0.4, 0.5) is 5.69 Å². The Morgan fingerprint density at radius 2 is 1.76 bits per heavy atom. The third-order valence-electron chi connectivity index (χ3n) is 2.93. The number of aryl methyl sites for hydroxylation is 1. The molecule has 0 aliphatic heterocycles. The van der Waals surface area contributed by atoms with Crippen LogP contribution in [-0.2, 0) is 0 Å². The van der Waals surface area contributed by atoms with Crippen LogP contribution in [0.3, 0.4) is 0 Å². The maximum Gasteiger partial charge on any atom is 0.0320 e. The summed E-state index contributed by atoms with van der Waals surface area (Å²) < 4.78 is 0. The summed E-state index contributed by atoms with van der Waals surface area (Å²) in [5.74, 6) is 0. The number of nitrogens with two attached hydrogens (primary N) is 1. The predicted octanol–water partition coefficient (Wildman–Crippen LogP) is 4.03. The highest BCUT2D eigenvalue weighted by molar-refractivity contribution is 5.82. The molecule has 0 fully saturated rings. The maximum atomic E-state index is 5.87. The van der Waals surface area contributed by atoms with Gasteiger partial charge in [-0.3, -0.25) is 0 Å². The zero-order chi connectivity index (χ0) is 12.3. The first kappa shape index (κ1) is 11.5. The second-order valence-electron chi connectivity index (χ2n) is 4.14. The van der Waals surface area contributed by atoms with Crippen molar-refractivity contribution in [1.29, 1.82) is 0 Å². The van der Waals surface area contributed by atoms with Gasteiger partial charge in [0.1, 0.15) is 0 Å². The number of hydrogen-bond acceptors (Lipinski definition) is 1. The van der Waals surface area contributed by atoms with E-state index in [4.69, 9.17) is 5.73 Å². The van der Waals surface area contributed by atoms with Gasteiger partial charge in [0, 0.05) is 5.69 Å². The molecule has 2 aromatic rings. The van der Waals surface area contributed by atoms with Gasteiger partial charge in [-0.1, -0.05) is 42.5 Å². The molecule has 0 aromatic heterocycles. The molecule has 2 N–H and O–H groups in total. The molecular formula is C16H17N. The van der Waals surface area contributed by atoms with Gasteiger partial charge in [-0.2, -0.15) is 0 Å². The molecule has 0 aliphatic carbocycles. The molecule has 0 unspecified atom stereocenters. The number of anilines is 1. The summed E-state index contributed by atoms with van der Waals surface area (Å²) >= 11 is 0. The lowest BCUT2D eigenvalue weighted by Gasteiger charge is -2.11. The molecule has 0 saturated heterocycles. The van der Waals surface area contributed by atoms with E-state index in [0.29, 0.717) is 0 Å². The van der Waals surface area contributed by atoms with E-state index in [2.05, 4.69) is 50.3 Å². The molecule has 0 radical (unpaired) electrons. The summed E-state index contributed by atoms with van der Waals surface area (Å²) in [5, 5.41) is 0. The standard InChI is InChI=1S/C16H17N/c1-3-15(13-7-5-4-6-8-13)16-11-14(17)10-9-12(16)2/h3-11H,17H2,1-2H3/b15-3-. The van der Waals surface area contributed by atoms with Gasteiger partial charge < -0.3 is 5.73 Å². The fourth-order valence-corrected chi connectivity index (χ4v) is 2.03. The van der Waals surface area contributed by atoms with Gasteiger partial charge in [-0.25, -0.2) is 0 Å². The van der Waals surface area contributed by atoms with E-state index in [1.54, 1.807) is 0 Å². The number of hydrogen-bond donors (Lipinski definition) is 1. The van der Waals surface area contributed by atoms with E-state index in [-0.39, 0.29) is 0 Å². The van der Waals surface area contributed by atoms with E-state index in [9.17, 15) is 0 Å². The quantitative estimate of drug-likeness (QED) is 0.764. The monoisotopic (exact) mass is 223 g/mol. The smallest absolute Gasteiger partial charge is 0.0320 e. The summed E-state index contributed by atoms with van der Waals surface area (Å²) in [6, 6.07) is 16.4. The van der Waals surface area contributed by atoms with E-state index >= 15 is 0 Å².